The van der Waals surface area contributed by atoms with Crippen LogP contribution in [0.5, 0.6) is 0 Å². The zero-order chi connectivity index (χ0) is 15.7. The maximum atomic E-state index is 12.5. The van der Waals surface area contributed by atoms with Crippen molar-refractivity contribution in [3.05, 3.63) is 29.3 Å². The van der Waals surface area contributed by atoms with E-state index in [4.69, 9.17) is 11.6 Å². The van der Waals surface area contributed by atoms with Crippen LogP contribution in [-0.2, 0) is 9.59 Å². The topological polar surface area (TPSA) is 61.4 Å². The quantitative estimate of drug-likeness (QED) is 0.864. The number of amides is 2. The van der Waals surface area contributed by atoms with Crippen LogP contribution in [0.2, 0.25) is 5.02 Å². The van der Waals surface area contributed by atoms with Gasteiger partial charge in [-0.1, -0.05) is 18.5 Å². The summed E-state index contributed by atoms with van der Waals surface area (Å²) in [5.41, 5.74) is 0.822. The summed E-state index contributed by atoms with van der Waals surface area (Å²) in [6, 6.07) is 6.77. The second-order valence-corrected chi connectivity index (χ2v) is 6.46. The van der Waals surface area contributed by atoms with E-state index < -0.39 is 6.04 Å². The first-order valence-corrected chi connectivity index (χ1v) is 8.02. The van der Waals surface area contributed by atoms with Crippen molar-refractivity contribution in [3.8, 4) is 0 Å². The summed E-state index contributed by atoms with van der Waals surface area (Å²) in [5, 5.41) is 6.71. The fraction of sp³-hybridized carbons (Fsp3) is 0.500. The Morgan fingerprint density at radius 2 is 2.00 bits per heavy atom. The van der Waals surface area contributed by atoms with Crippen molar-refractivity contribution in [3.63, 3.8) is 0 Å². The van der Waals surface area contributed by atoms with Crippen LogP contribution in [0.4, 0.5) is 5.69 Å². The van der Waals surface area contributed by atoms with Gasteiger partial charge in [-0.25, -0.2) is 0 Å². The van der Waals surface area contributed by atoms with Crippen LogP contribution in [-0.4, -0.2) is 37.5 Å². The molecule has 7 heteroatoms. The fourth-order valence-electron chi connectivity index (χ4n) is 2.87. The minimum absolute atomic E-state index is 0. The Morgan fingerprint density at radius 3 is 2.57 bits per heavy atom. The Labute approximate surface area is 147 Å². The van der Waals surface area contributed by atoms with Gasteiger partial charge < -0.3 is 15.5 Å². The van der Waals surface area contributed by atoms with Crippen LogP contribution in [0.1, 0.15) is 13.3 Å². The van der Waals surface area contributed by atoms with E-state index in [0.717, 1.165) is 18.8 Å². The second kappa shape index (κ2) is 7.51. The van der Waals surface area contributed by atoms with Gasteiger partial charge >= 0.3 is 0 Å². The van der Waals surface area contributed by atoms with Crippen molar-refractivity contribution in [2.45, 2.75) is 19.4 Å². The Hall–Kier alpha value is -1.30. The predicted molar refractivity (Wildman–Crippen MR) is 93.1 cm³/mol. The Bertz CT molecular complexity index is 575. The highest BCUT2D eigenvalue weighted by molar-refractivity contribution is 6.30. The summed E-state index contributed by atoms with van der Waals surface area (Å²) in [4.78, 5) is 26.4. The van der Waals surface area contributed by atoms with Crippen molar-refractivity contribution in [1.29, 1.82) is 0 Å². The minimum atomic E-state index is -0.418. The van der Waals surface area contributed by atoms with E-state index in [-0.39, 0.29) is 30.1 Å². The van der Waals surface area contributed by atoms with Gasteiger partial charge in [0.05, 0.1) is 0 Å². The first-order valence-electron chi connectivity index (χ1n) is 7.64. The number of carbonyl (C=O) groups is 2. The van der Waals surface area contributed by atoms with Gasteiger partial charge in [0.1, 0.15) is 6.04 Å². The molecular weight excluding hydrogens is 337 g/mol. The lowest BCUT2D eigenvalue weighted by Gasteiger charge is -2.32. The van der Waals surface area contributed by atoms with E-state index in [1.54, 1.807) is 17.0 Å². The number of nitrogens with one attached hydrogen (secondary N) is 2. The van der Waals surface area contributed by atoms with Crippen molar-refractivity contribution in [2.75, 3.05) is 24.5 Å². The lowest BCUT2D eigenvalue weighted by atomic mass is 9.88. The molecule has 2 N–H and O–H groups in total. The third-order valence-corrected chi connectivity index (χ3v) is 4.85. The molecule has 0 aliphatic carbocycles. The van der Waals surface area contributed by atoms with E-state index in [1.807, 2.05) is 19.1 Å². The van der Waals surface area contributed by atoms with Gasteiger partial charge in [0.2, 0.25) is 11.8 Å². The molecule has 0 aromatic heterocycles. The number of anilines is 1. The molecule has 3 rings (SSSR count). The molecule has 2 aliphatic heterocycles. The molecule has 1 aromatic carbocycles. The number of hydrogen-bond donors (Lipinski definition) is 2. The smallest absolute Gasteiger partial charge is 0.249 e. The molecule has 2 fully saturated rings. The fourth-order valence-corrected chi connectivity index (χ4v) is 3.00. The number of carbonyl (C=O) groups excluding carboxylic acids is 2. The Kier molecular flexibility index (Phi) is 5.89. The normalized spacial score (nSPS) is 22.3. The van der Waals surface area contributed by atoms with Gasteiger partial charge in [-0.2, -0.15) is 0 Å². The first-order chi connectivity index (χ1) is 10.6. The van der Waals surface area contributed by atoms with Crippen molar-refractivity contribution in [2.24, 2.45) is 11.8 Å². The molecule has 23 heavy (non-hydrogen) atoms. The summed E-state index contributed by atoms with van der Waals surface area (Å²) in [6.45, 7) is 4.30. The molecule has 5 nitrogen and oxygen atoms in total. The van der Waals surface area contributed by atoms with E-state index in [1.165, 1.54) is 0 Å². The van der Waals surface area contributed by atoms with E-state index in [2.05, 4.69) is 10.6 Å². The van der Waals surface area contributed by atoms with Gasteiger partial charge in [0, 0.05) is 23.2 Å². The van der Waals surface area contributed by atoms with Gasteiger partial charge in [-0.05, 0) is 49.7 Å². The number of halogens is 2. The zero-order valence-electron chi connectivity index (χ0n) is 12.9. The van der Waals surface area contributed by atoms with Gasteiger partial charge in [0.15, 0.2) is 0 Å². The molecule has 2 amide bonds. The lowest BCUT2D eigenvalue weighted by molar-refractivity contribution is -0.130. The SMILES string of the molecule is CC(C(=O)NC1CCN(c2ccc(Cl)cc2)C1=O)C1CNC1.Cl. The number of rotatable bonds is 4. The highest BCUT2D eigenvalue weighted by Gasteiger charge is 2.36. The highest BCUT2D eigenvalue weighted by atomic mass is 35.5. The minimum Gasteiger partial charge on any atom is -0.344 e. The van der Waals surface area contributed by atoms with Crippen LogP contribution in [0, 0.1) is 11.8 Å². The standard InChI is InChI=1S/C16H20ClN3O2.ClH/c1-10(11-8-18-9-11)15(21)19-14-6-7-20(16(14)22)13-4-2-12(17)3-5-13;/h2-5,10-11,14,18H,6-9H2,1H3,(H,19,21);1H. The van der Waals surface area contributed by atoms with Crippen molar-refractivity contribution in [1.82, 2.24) is 10.6 Å². The predicted octanol–water partition coefficient (Wildman–Crippen LogP) is 1.84. The third-order valence-electron chi connectivity index (χ3n) is 4.59. The van der Waals surface area contributed by atoms with Crippen LogP contribution < -0.4 is 15.5 Å². The first kappa shape index (κ1) is 18.0. The molecule has 2 heterocycles. The molecule has 126 valence electrons. The maximum Gasteiger partial charge on any atom is 0.249 e. The maximum absolute atomic E-state index is 12.5. The zero-order valence-corrected chi connectivity index (χ0v) is 14.5. The molecule has 0 saturated carbocycles. The van der Waals surface area contributed by atoms with Gasteiger partial charge in [0.25, 0.3) is 0 Å². The summed E-state index contributed by atoms with van der Waals surface area (Å²) in [5.74, 6) is 0.250. The van der Waals surface area contributed by atoms with Crippen LogP contribution >= 0.6 is 24.0 Å². The molecule has 2 unspecified atom stereocenters. The summed E-state index contributed by atoms with van der Waals surface area (Å²) in [6.07, 6.45) is 0.642. The van der Waals surface area contributed by atoms with Gasteiger partial charge in [-0.3, -0.25) is 9.59 Å². The molecule has 2 saturated heterocycles. The number of hydrogen-bond acceptors (Lipinski definition) is 3. The summed E-state index contributed by atoms with van der Waals surface area (Å²) < 4.78 is 0. The van der Waals surface area contributed by atoms with Crippen molar-refractivity contribution < 1.29 is 9.59 Å². The molecule has 0 spiro atoms. The highest BCUT2D eigenvalue weighted by Crippen LogP contribution is 2.24. The van der Waals surface area contributed by atoms with Crippen LogP contribution in [0.25, 0.3) is 0 Å². The van der Waals surface area contributed by atoms with Gasteiger partial charge in [-0.15, -0.1) is 12.4 Å². The molecule has 2 aliphatic rings. The van der Waals surface area contributed by atoms with E-state index in [0.29, 0.717) is 23.9 Å². The van der Waals surface area contributed by atoms with Crippen LogP contribution in [0.15, 0.2) is 24.3 Å². The largest absolute Gasteiger partial charge is 0.344 e. The third kappa shape index (κ3) is 3.79. The Morgan fingerprint density at radius 1 is 1.35 bits per heavy atom. The average Bonchev–Trinajstić information content (AvgIpc) is 2.79. The summed E-state index contributed by atoms with van der Waals surface area (Å²) in [7, 11) is 0. The molecule has 0 bridgehead atoms. The van der Waals surface area contributed by atoms with E-state index in [9.17, 15) is 9.59 Å². The second-order valence-electron chi connectivity index (χ2n) is 6.02. The number of nitrogens with zero attached hydrogens (tertiary/aromatic N) is 1. The van der Waals surface area contributed by atoms with Crippen molar-refractivity contribution >= 4 is 41.5 Å². The Balaban J connectivity index is 0.00000192. The molecule has 2 atom stereocenters. The van der Waals surface area contributed by atoms with Crippen LogP contribution in [0.3, 0.4) is 0 Å². The lowest BCUT2D eigenvalue weighted by Crippen LogP contribution is -2.52. The molecule has 1 aromatic rings. The summed E-state index contributed by atoms with van der Waals surface area (Å²) >= 11 is 5.87. The average molecular weight is 358 g/mol. The monoisotopic (exact) mass is 357 g/mol. The number of benzene rings is 1. The molecule has 0 radical (unpaired) electrons. The van der Waals surface area contributed by atoms with E-state index >= 15 is 0 Å². The molecular formula is C16H21Cl2N3O2.